The van der Waals surface area contributed by atoms with Gasteiger partial charge in [0, 0.05) is 24.3 Å². The molecule has 4 nitrogen and oxygen atoms in total. The Balaban J connectivity index is 2.18. The highest BCUT2D eigenvalue weighted by molar-refractivity contribution is 6.30. The second-order valence-electron chi connectivity index (χ2n) is 4.68. The number of halogens is 1. The van der Waals surface area contributed by atoms with Crippen molar-refractivity contribution in [3.8, 4) is 0 Å². The first-order valence-corrected chi connectivity index (χ1v) is 6.55. The Labute approximate surface area is 122 Å². The summed E-state index contributed by atoms with van der Waals surface area (Å²) in [4.78, 5) is 28.1. The first-order chi connectivity index (χ1) is 9.47. The van der Waals surface area contributed by atoms with Gasteiger partial charge < -0.3 is 9.88 Å². The molecule has 0 spiro atoms. The maximum atomic E-state index is 12.2. The number of aromatic amines is 1. The highest BCUT2D eigenvalue weighted by atomic mass is 35.5. The average Bonchev–Trinajstić information content (AvgIpc) is 2.38. The number of nitrogens with one attached hydrogen (secondary N) is 1. The molecule has 0 radical (unpaired) electrons. The molecule has 0 bridgehead atoms. The number of nitrogens with zero attached hydrogens (tertiary/aromatic N) is 1. The quantitative estimate of drug-likeness (QED) is 0.945. The van der Waals surface area contributed by atoms with E-state index in [0.29, 0.717) is 11.6 Å². The predicted octanol–water partition coefficient (Wildman–Crippen LogP) is 2.61. The normalized spacial score (nSPS) is 10.3. The van der Waals surface area contributed by atoms with Crippen LogP contribution in [-0.4, -0.2) is 22.8 Å². The van der Waals surface area contributed by atoms with Gasteiger partial charge >= 0.3 is 0 Å². The number of benzene rings is 1. The van der Waals surface area contributed by atoms with Crippen LogP contribution in [0.1, 0.15) is 21.6 Å². The molecule has 0 aliphatic carbocycles. The second kappa shape index (κ2) is 5.92. The fraction of sp³-hybridized carbons (Fsp3) is 0.200. The van der Waals surface area contributed by atoms with Crippen LogP contribution in [0.4, 0.5) is 0 Å². The summed E-state index contributed by atoms with van der Waals surface area (Å²) in [6.45, 7) is 2.16. The number of H-pyrrole nitrogens is 1. The molecule has 0 unspecified atom stereocenters. The minimum atomic E-state index is -0.368. The van der Waals surface area contributed by atoms with Gasteiger partial charge in [0.15, 0.2) is 0 Å². The molecule has 0 saturated heterocycles. The van der Waals surface area contributed by atoms with Crippen molar-refractivity contribution >= 4 is 17.5 Å². The Morgan fingerprint density at radius 2 is 2.05 bits per heavy atom. The number of rotatable bonds is 3. The Morgan fingerprint density at radius 3 is 2.70 bits per heavy atom. The Kier molecular flexibility index (Phi) is 4.25. The lowest BCUT2D eigenvalue weighted by molar-refractivity contribution is 0.0783. The molecular formula is C15H15ClN2O2. The van der Waals surface area contributed by atoms with E-state index in [-0.39, 0.29) is 17.0 Å². The van der Waals surface area contributed by atoms with Crippen molar-refractivity contribution in [2.45, 2.75) is 13.5 Å². The summed E-state index contributed by atoms with van der Waals surface area (Å²) in [6.07, 6.45) is 0. The number of pyridine rings is 1. The summed E-state index contributed by atoms with van der Waals surface area (Å²) in [5.41, 5.74) is 1.41. The highest BCUT2D eigenvalue weighted by Crippen LogP contribution is 2.13. The molecule has 20 heavy (non-hydrogen) atoms. The lowest BCUT2D eigenvalue weighted by atomic mass is 10.2. The molecule has 1 aromatic carbocycles. The topological polar surface area (TPSA) is 53.2 Å². The van der Waals surface area contributed by atoms with Crippen molar-refractivity contribution in [2.24, 2.45) is 0 Å². The van der Waals surface area contributed by atoms with E-state index in [1.54, 1.807) is 38.2 Å². The summed E-state index contributed by atoms with van der Waals surface area (Å²) in [6, 6.07) is 10.5. The molecule has 0 fully saturated rings. The van der Waals surface area contributed by atoms with Crippen LogP contribution in [0.5, 0.6) is 0 Å². The van der Waals surface area contributed by atoms with Crippen molar-refractivity contribution < 1.29 is 4.79 Å². The lowest BCUT2D eigenvalue weighted by Gasteiger charge is -2.17. The van der Waals surface area contributed by atoms with Gasteiger partial charge in [-0.1, -0.05) is 23.7 Å². The number of hydrogen-bond donors (Lipinski definition) is 1. The van der Waals surface area contributed by atoms with E-state index in [1.807, 2.05) is 12.1 Å². The molecule has 0 aliphatic rings. The largest absolute Gasteiger partial charge is 0.337 e. The standard InChI is InChI=1S/C15H15ClN2O2/c1-10-6-7-13(14(19)17-10)15(20)18(2)9-11-4-3-5-12(16)8-11/h3-8H,9H2,1-2H3,(H,17,19). The van der Waals surface area contributed by atoms with Gasteiger partial charge in [-0.05, 0) is 36.8 Å². The first-order valence-electron chi connectivity index (χ1n) is 6.17. The van der Waals surface area contributed by atoms with Crippen LogP contribution >= 0.6 is 11.6 Å². The predicted molar refractivity (Wildman–Crippen MR) is 79.0 cm³/mol. The number of carbonyl (C=O) groups excluding carboxylic acids is 1. The van der Waals surface area contributed by atoms with Crippen LogP contribution in [0.15, 0.2) is 41.2 Å². The molecule has 5 heteroatoms. The first kappa shape index (κ1) is 14.3. The fourth-order valence-corrected chi connectivity index (χ4v) is 2.14. The van der Waals surface area contributed by atoms with Crippen molar-refractivity contribution in [2.75, 3.05) is 7.05 Å². The van der Waals surface area contributed by atoms with Gasteiger partial charge in [0.05, 0.1) is 0 Å². The molecule has 2 rings (SSSR count). The highest BCUT2D eigenvalue weighted by Gasteiger charge is 2.15. The molecule has 2 aromatic rings. The van der Waals surface area contributed by atoms with Crippen molar-refractivity contribution in [3.05, 3.63) is 68.6 Å². The van der Waals surface area contributed by atoms with Crippen LogP contribution in [-0.2, 0) is 6.54 Å². The maximum absolute atomic E-state index is 12.2. The molecule has 1 heterocycles. The molecule has 0 aliphatic heterocycles. The minimum absolute atomic E-state index is 0.139. The van der Waals surface area contributed by atoms with Crippen molar-refractivity contribution in [1.29, 1.82) is 0 Å². The Bertz CT molecular complexity index is 694. The van der Waals surface area contributed by atoms with E-state index in [9.17, 15) is 9.59 Å². The molecular weight excluding hydrogens is 276 g/mol. The second-order valence-corrected chi connectivity index (χ2v) is 5.11. The average molecular weight is 291 g/mol. The van der Waals surface area contributed by atoms with Gasteiger partial charge in [-0.15, -0.1) is 0 Å². The Morgan fingerprint density at radius 1 is 1.30 bits per heavy atom. The van der Waals surface area contributed by atoms with E-state index in [0.717, 1.165) is 11.3 Å². The fourth-order valence-electron chi connectivity index (χ4n) is 1.93. The third-order valence-electron chi connectivity index (χ3n) is 2.94. The van der Waals surface area contributed by atoms with Gasteiger partial charge in [0.25, 0.3) is 11.5 Å². The van der Waals surface area contributed by atoms with E-state index in [4.69, 9.17) is 11.6 Å². The number of aryl methyl sites for hydroxylation is 1. The summed E-state index contributed by atoms with van der Waals surface area (Å²) < 4.78 is 0. The molecule has 0 saturated carbocycles. The minimum Gasteiger partial charge on any atom is -0.337 e. The maximum Gasteiger partial charge on any atom is 0.260 e. The van der Waals surface area contributed by atoms with Gasteiger partial charge in [-0.25, -0.2) is 0 Å². The SMILES string of the molecule is Cc1ccc(C(=O)N(C)Cc2cccc(Cl)c2)c(=O)[nH]1. The van der Waals surface area contributed by atoms with Crippen LogP contribution in [0.2, 0.25) is 5.02 Å². The van der Waals surface area contributed by atoms with Crippen LogP contribution in [0.3, 0.4) is 0 Å². The van der Waals surface area contributed by atoms with E-state index in [2.05, 4.69) is 4.98 Å². The van der Waals surface area contributed by atoms with E-state index >= 15 is 0 Å². The lowest BCUT2D eigenvalue weighted by Crippen LogP contribution is -2.31. The Hall–Kier alpha value is -2.07. The van der Waals surface area contributed by atoms with Crippen molar-refractivity contribution in [1.82, 2.24) is 9.88 Å². The smallest absolute Gasteiger partial charge is 0.260 e. The van der Waals surface area contributed by atoms with Gasteiger partial charge in [0.1, 0.15) is 5.56 Å². The number of aromatic nitrogens is 1. The van der Waals surface area contributed by atoms with Crippen LogP contribution in [0.25, 0.3) is 0 Å². The van der Waals surface area contributed by atoms with E-state index < -0.39 is 0 Å². The zero-order valence-electron chi connectivity index (χ0n) is 11.3. The third-order valence-corrected chi connectivity index (χ3v) is 3.18. The zero-order chi connectivity index (χ0) is 14.7. The zero-order valence-corrected chi connectivity index (χ0v) is 12.1. The van der Waals surface area contributed by atoms with Gasteiger partial charge in [-0.3, -0.25) is 9.59 Å². The van der Waals surface area contributed by atoms with Crippen LogP contribution < -0.4 is 5.56 Å². The number of amides is 1. The van der Waals surface area contributed by atoms with Gasteiger partial charge in [-0.2, -0.15) is 0 Å². The molecule has 1 N–H and O–H groups in total. The summed E-state index contributed by atoms with van der Waals surface area (Å²) in [7, 11) is 1.66. The number of hydrogen-bond acceptors (Lipinski definition) is 2. The monoisotopic (exact) mass is 290 g/mol. The van der Waals surface area contributed by atoms with Crippen LogP contribution in [0, 0.1) is 6.92 Å². The number of carbonyl (C=O) groups is 1. The summed E-state index contributed by atoms with van der Waals surface area (Å²) >= 11 is 5.91. The van der Waals surface area contributed by atoms with Crippen molar-refractivity contribution in [3.63, 3.8) is 0 Å². The van der Waals surface area contributed by atoms with Gasteiger partial charge in [0.2, 0.25) is 0 Å². The molecule has 1 amide bonds. The molecule has 0 atom stereocenters. The molecule has 104 valence electrons. The van der Waals surface area contributed by atoms with E-state index in [1.165, 1.54) is 4.90 Å². The molecule has 1 aromatic heterocycles. The summed E-state index contributed by atoms with van der Waals surface area (Å²) in [5.74, 6) is -0.314. The summed E-state index contributed by atoms with van der Waals surface area (Å²) in [5, 5.41) is 0.622. The third kappa shape index (κ3) is 3.27.